The zero-order valence-electron chi connectivity index (χ0n) is 6.40. The Hall–Kier alpha value is -0.640. The highest BCUT2D eigenvalue weighted by atomic mass is 79.9. The molecule has 1 nitrogen and oxygen atoms in total. The fourth-order valence-electron chi connectivity index (χ4n) is 0.885. The molecule has 1 aromatic rings. The fourth-order valence-corrected chi connectivity index (χ4v) is 1.53. The van der Waals surface area contributed by atoms with Gasteiger partial charge in [-0.2, -0.15) is 0 Å². The minimum Gasteiger partial charge on any atom is -0.492 e. The normalized spacial score (nSPS) is 10.0. The number of rotatable bonds is 2. The van der Waals surface area contributed by atoms with Crippen LogP contribution in [0.3, 0.4) is 0 Å². The van der Waals surface area contributed by atoms with Gasteiger partial charge >= 0.3 is 0 Å². The second-order valence-electron chi connectivity index (χ2n) is 2.23. The maximum atomic E-state index is 13.0. The van der Waals surface area contributed by atoms with Crippen molar-refractivity contribution in [2.75, 3.05) is 7.11 Å². The number of halogens is 3. The molecule has 0 aromatic heterocycles. The molecule has 12 heavy (non-hydrogen) atoms. The monoisotopic (exact) mass is 236 g/mol. The third-order valence-electron chi connectivity index (χ3n) is 1.42. The van der Waals surface area contributed by atoms with Crippen molar-refractivity contribution >= 4 is 15.9 Å². The van der Waals surface area contributed by atoms with E-state index in [0.717, 1.165) is 6.07 Å². The van der Waals surface area contributed by atoms with Crippen molar-refractivity contribution in [1.29, 1.82) is 0 Å². The van der Waals surface area contributed by atoms with E-state index in [1.54, 1.807) is 0 Å². The van der Waals surface area contributed by atoms with Crippen LogP contribution in [0.4, 0.5) is 8.78 Å². The lowest BCUT2D eigenvalue weighted by Gasteiger charge is -2.05. The predicted molar refractivity (Wildman–Crippen MR) is 45.5 cm³/mol. The third kappa shape index (κ3) is 1.75. The first-order valence-corrected chi connectivity index (χ1v) is 4.06. The SMILES string of the molecule is COc1c(F)cc(CF)cc1Br. The van der Waals surface area contributed by atoms with E-state index >= 15 is 0 Å². The van der Waals surface area contributed by atoms with Crippen molar-refractivity contribution in [3.8, 4) is 5.75 Å². The van der Waals surface area contributed by atoms with E-state index in [1.807, 2.05) is 0 Å². The van der Waals surface area contributed by atoms with Crippen LogP contribution in [0.5, 0.6) is 5.75 Å². The zero-order chi connectivity index (χ0) is 9.14. The second-order valence-corrected chi connectivity index (χ2v) is 3.08. The molecule has 4 heteroatoms. The molecule has 66 valence electrons. The van der Waals surface area contributed by atoms with Gasteiger partial charge < -0.3 is 4.74 Å². The Morgan fingerprint density at radius 2 is 2.17 bits per heavy atom. The van der Waals surface area contributed by atoms with Crippen LogP contribution in [0.2, 0.25) is 0 Å². The molecule has 0 saturated carbocycles. The van der Waals surface area contributed by atoms with Crippen LogP contribution >= 0.6 is 15.9 Å². The van der Waals surface area contributed by atoms with Crippen molar-refractivity contribution < 1.29 is 13.5 Å². The van der Waals surface area contributed by atoms with Gasteiger partial charge in [0.2, 0.25) is 0 Å². The van der Waals surface area contributed by atoms with Crippen LogP contribution in [0.25, 0.3) is 0 Å². The first-order chi connectivity index (χ1) is 5.69. The highest BCUT2D eigenvalue weighted by molar-refractivity contribution is 9.10. The van der Waals surface area contributed by atoms with Crippen molar-refractivity contribution in [2.45, 2.75) is 6.67 Å². The molecule has 0 bridgehead atoms. The average molecular weight is 237 g/mol. The lowest BCUT2D eigenvalue weighted by molar-refractivity contribution is 0.382. The third-order valence-corrected chi connectivity index (χ3v) is 2.01. The summed E-state index contributed by atoms with van der Waals surface area (Å²) in [6, 6.07) is 2.60. The van der Waals surface area contributed by atoms with E-state index in [0.29, 0.717) is 10.0 Å². The molecule has 0 fully saturated rings. The zero-order valence-corrected chi connectivity index (χ0v) is 7.99. The highest BCUT2D eigenvalue weighted by Crippen LogP contribution is 2.29. The number of hydrogen-bond donors (Lipinski definition) is 0. The van der Waals surface area contributed by atoms with Gasteiger partial charge in [0.25, 0.3) is 0 Å². The number of ether oxygens (including phenoxy) is 1. The Bertz CT molecular complexity index is 265. The number of alkyl halides is 1. The van der Waals surface area contributed by atoms with Crippen molar-refractivity contribution in [1.82, 2.24) is 0 Å². The van der Waals surface area contributed by atoms with Gasteiger partial charge in [-0.3, -0.25) is 0 Å². The number of hydrogen-bond acceptors (Lipinski definition) is 1. The molecule has 0 N–H and O–H groups in total. The summed E-state index contributed by atoms with van der Waals surface area (Å²) in [6.07, 6.45) is 0. The van der Waals surface area contributed by atoms with Crippen LogP contribution in [-0.4, -0.2) is 7.11 Å². The van der Waals surface area contributed by atoms with E-state index in [2.05, 4.69) is 15.9 Å². The molecule has 0 spiro atoms. The maximum absolute atomic E-state index is 13.0. The maximum Gasteiger partial charge on any atom is 0.168 e. The van der Waals surface area contributed by atoms with E-state index in [9.17, 15) is 8.78 Å². The lowest BCUT2D eigenvalue weighted by atomic mass is 10.2. The molecule has 0 aliphatic heterocycles. The van der Waals surface area contributed by atoms with Crippen LogP contribution < -0.4 is 4.74 Å². The van der Waals surface area contributed by atoms with Gasteiger partial charge in [-0.25, -0.2) is 8.78 Å². The molecule has 0 aliphatic rings. The van der Waals surface area contributed by atoms with Crippen molar-refractivity contribution in [3.63, 3.8) is 0 Å². The van der Waals surface area contributed by atoms with Gasteiger partial charge in [0, 0.05) is 0 Å². The van der Waals surface area contributed by atoms with Gasteiger partial charge in [-0.05, 0) is 33.6 Å². The molecular formula is C8H7BrF2O. The standard InChI is InChI=1S/C8H7BrF2O/c1-12-8-6(9)2-5(4-10)3-7(8)11/h2-3H,4H2,1H3. The minimum absolute atomic E-state index is 0.104. The smallest absolute Gasteiger partial charge is 0.168 e. The van der Waals surface area contributed by atoms with E-state index < -0.39 is 12.5 Å². The van der Waals surface area contributed by atoms with Gasteiger partial charge in [0.05, 0.1) is 11.6 Å². The van der Waals surface area contributed by atoms with E-state index in [-0.39, 0.29) is 5.75 Å². The summed E-state index contributed by atoms with van der Waals surface area (Å²) in [7, 11) is 1.36. The molecule has 0 heterocycles. The quantitative estimate of drug-likeness (QED) is 0.767. The molecule has 0 saturated heterocycles. The summed E-state index contributed by atoms with van der Waals surface area (Å²) in [5.74, 6) is -0.452. The summed E-state index contributed by atoms with van der Waals surface area (Å²) in [5, 5.41) is 0. The summed E-state index contributed by atoms with van der Waals surface area (Å²) in [5.41, 5.74) is 0.292. The van der Waals surface area contributed by atoms with Crippen LogP contribution in [0.1, 0.15) is 5.56 Å². The van der Waals surface area contributed by atoms with Crippen LogP contribution in [-0.2, 0) is 6.67 Å². The number of benzene rings is 1. The molecule has 0 atom stereocenters. The molecule has 0 aliphatic carbocycles. The Morgan fingerprint density at radius 1 is 1.50 bits per heavy atom. The van der Waals surface area contributed by atoms with Gasteiger partial charge in [-0.15, -0.1) is 0 Å². The Kier molecular flexibility index (Phi) is 3.03. The molecule has 1 aromatic carbocycles. The summed E-state index contributed by atoms with van der Waals surface area (Å²) in [6.45, 7) is -0.681. The van der Waals surface area contributed by atoms with E-state index in [1.165, 1.54) is 13.2 Å². The van der Waals surface area contributed by atoms with Crippen molar-refractivity contribution in [3.05, 3.63) is 28.0 Å². The molecule has 1 rings (SSSR count). The van der Waals surface area contributed by atoms with Gasteiger partial charge in [0.15, 0.2) is 11.6 Å². The van der Waals surface area contributed by atoms with E-state index in [4.69, 9.17) is 4.74 Å². The summed E-state index contributed by atoms with van der Waals surface area (Å²) < 4.78 is 30.2. The Labute approximate surface area is 77.5 Å². The molecule has 0 radical (unpaired) electrons. The Morgan fingerprint density at radius 3 is 2.58 bits per heavy atom. The fraction of sp³-hybridized carbons (Fsp3) is 0.250. The first kappa shape index (κ1) is 9.45. The number of methoxy groups -OCH3 is 1. The van der Waals surface area contributed by atoms with Crippen LogP contribution in [0.15, 0.2) is 16.6 Å². The largest absolute Gasteiger partial charge is 0.492 e. The predicted octanol–water partition coefficient (Wildman–Crippen LogP) is 3.07. The van der Waals surface area contributed by atoms with Gasteiger partial charge in [-0.1, -0.05) is 0 Å². The second kappa shape index (κ2) is 3.85. The first-order valence-electron chi connectivity index (χ1n) is 3.27. The Balaban J connectivity index is 3.18. The van der Waals surface area contributed by atoms with Crippen LogP contribution in [0, 0.1) is 5.82 Å². The van der Waals surface area contributed by atoms with Crippen molar-refractivity contribution in [2.24, 2.45) is 0 Å². The molecule has 0 unspecified atom stereocenters. The molecule has 0 amide bonds. The lowest BCUT2D eigenvalue weighted by Crippen LogP contribution is -1.91. The van der Waals surface area contributed by atoms with Gasteiger partial charge in [0.1, 0.15) is 6.67 Å². The molecular weight excluding hydrogens is 230 g/mol. The summed E-state index contributed by atoms with van der Waals surface area (Å²) in [4.78, 5) is 0. The average Bonchev–Trinajstić information content (AvgIpc) is 2.03. The minimum atomic E-state index is -0.681. The summed E-state index contributed by atoms with van der Waals surface area (Å²) >= 11 is 3.07. The topological polar surface area (TPSA) is 9.23 Å². The highest BCUT2D eigenvalue weighted by Gasteiger charge is 2.08.